The van der Waals surface area contributed by atoms with Crippen LogP contribution < -0.4 is 0 Å². The number of hydrogen-bond donors (Lipinski definition) is 1. The maximum Gasteiger partial charge on any atom is 0.317 e. The van der Waals surface area contributed by atoms with Crippen LogP contribution in [-0.4, -0.2) is 22.8 Å². The molecule has 0 amide bonds. The molecule has 4 heteroatoms. The van der Waals surface area contributed by atoms with E-state index in [0.29, 0.717) is 6.61 Å². The summed E-state index contributed by atoms with van der Waals surface area (Å²) in [5, 5.41) is 7.84. The minimum atomic E-state index is -0.289. The van der Waals surface area contributed by atoms with Gasteiger partial charge in [-0.1, -0.05) is 11.8 Å². The minimum Gasteiger partial charge on any atom is -0.465 e. The molecule has 0 bridgehead atoms. The van der Waals surface area contributed by atoms with E-state index in [0.717, 1.165) is 16.5 Å². The molecule has 0 unspecified atom stereocenters. The number of hydrogen-bond acceptors (Lipinski definition) is 3. The van der Waals surface area contributed by atoms with Gasteiger partial charge >= 0.3 is 5.97 Å². The molecule has 0 saturated heterocycles. The summed E-state index contributed by atoms with van der Waals surface area (Å²) in [6.07, 6.45) is 1.88. The maximum atomic E-state index is 11.1. The van der Waals surface area contributed by atoms with Crippen molar-refractivity contribution in [2.45, 2.75) is 13.3 Å². The van der Waals surface area contributed by atoms with Crippen molar-refractivity contribution >= 4 is 16.9 Å². The topological polar surface area (TPSA) is 55.0 Å². The average molecular weight is 228 g/mol. The lowest BCUT2D eigenvalue weighted by atomic mass is 10.2. The Kier molecular flexibility index (Phi) is 3.41. The molecule has 1 N–H and O–H groups in total. The molecule has 86 valence electrons. The van der Waals surface area contributed by atoms with Crippen LogP contribution in [0.2, 0.25) is 0 Å². The summed E-state index contributed by atoms with van der Waals surface area (Å²) in [6, 6.07) is 5.74. The molecule has 1 heterocycles. The first-order valence-corrected chi connectivity index (χ1v) is 5.37. The predicted octanol–water partition coefficient (Wildman–Crippen LogP) is 1.87. The molecule has 1 aromatic heterocycles. The van der Waals surface area contributed by atoms with E-state index >= 15 is 0 Å². The van der Waals surface area contributed by atoms with Crippen LogP contribution in [0.3, 0.4) is 0 Å². The number of rotatable bonds is 2. The number of H-pyrrole nitrogens is 1. The Morgan fingerprint density at radius 3 is 3.24 bits per heavy atom. The number of fused-ring (bicyclic) bond motifs is 1. The van der Waals surface area contributed by atoms with Gasteiger partial charge in [-0.25, -0.2) is 0 Å². The van der Waals surface area contributed by atoms with Crippen molar-refractivity contribution in [1.82, 2.24) is 10.2 Å². The molecule has 0 radical (unpaired) electrons. The fourth-order valence-corrected chi connectivity index (χ4v) is 1.45. The third-order valence-corrected chi connectivity index (χ3v) is 2.21. The van der Waals surface area contributed by atoms with Crippen molar-refractivity contribution in [3.63, 3.8) is 0 Å². The standard InChI is InChI=1S/C13H12N2O2/c1-2-17-13(16)5-3-4-10-6-7-11-9-14-15-12(11)8-10/h6-9H,2,5H2,1H3,(H,14,15). The molecule has 17 heavy (non-hydrogen) atoms. The monoisotopic (exact) mass is 228 g/mol. The van der Waals surface area contributed by atoms with Gasteiger partial charge in [-0.05, 0) is 25.1 Å². The van der Waals surface area contributed by atoms with Gasteiger partial charge in [0.1, 0.15) is 6.42 Å². The quantitative estimate of drug-likeness (QED) is 0.630. The van der Waals surface area contributed by atoms with Crippen LogP contribution in [0, 0.1) is 11.8 Å². The summed E-state index contributed by atoms with van der Waals surface area (Å²) in [7, 11) is 0. The third kappa shape index (κ3) is 2.85. The van der Waals surface area contributed by atoms with Crippen LogP contribution in [0.5, 0.6) is 0 Å². The van der Waals surface area contributed by atoms with Crippen molar-refractivity contribution in [3.8, 4) is 11.8 Å². The molecule has 1 aromatic carbocycles. The summed E-state index contributed by atoms with van der Waals surface area (Å²) in [5.74, 6) is 5.41. The van der Waals surface area contributed by atoms with Gasteiger partial charge in [0, 0.05) is 10.9 Å². The molecule has 0 aliphatic carbocycles. The van der Waals surface area contributed by atoms with E-state index in [9.17, 15) is 4.79 Å². The Labute approximate surface area is 99.0 Å². The van der Waals surface area contributed by atoms with Crippen LogP contribution in [-0.2, 0) is 9.53 Å². The number of benzene rings is 1. The lowest BCUT2D eigenvalue weighted by Gasteiger charge is -1.95. The molecule has 4 nitrogen and oxygen atoms in total. The second kappa shape index (κ2) is 5.17. The van der Waals surface area contributed by atoms with Crippen LogP contribution in [0.25, 0.3) is 10.9 Å². The van der Waals surface area contributed by atoms with Gasteiger partial charge in [-0.15, -0.1) is 0 Å². The van der Waals surface area contributed by atoms with Gasteiger partial charge < -0.3 is 4.74 Å². The van der Waals surface area contributed by atoms with Gasteiger partial charge in [0.25, 0.3) is 0 Å². The largest absolute Gasteiger partial charge is 0.465 e. The molecule has 0 fully saturated rings. The Morgan fingerprint density at radius 1 is 1.53 bits per heavy atom. The number of esters is 1. The molecule has 0 spiro atoms. The van der Waals surface area contributed by atoms with Crippen molar-refractivity contribution in [2.24, 2.45) is 0 Å². The summed E-state index contributed by atoms with van der Waals surface area (Å²) in [6.45, 7) is 2.16. The van der Waals surface area contributed by atoms with Crippen LogP contribution >= 0.6 is 0 Å². The highest BCUT2D eigenvalue weighted by Gasteiger charge is 1.97. The molecular formula is C13H12N2O2. The smallest absolute Gasteiger partial charge is 0.317 e. The zero-order valence-electron chi connectivity index (χ0n) is 9.49. The number of carbonyl (C=O) groups is 1. The fourth-order valence-electron chi connectivity index (χ4n) is 1.45. The SMILES string of the molecule is CCOC(=O)CC#Cc1ccc2cn[nH]c2c1. The number of nitrogens with one attached hydrogen (secondary N) is 1. The Balaban J connectivity index is 2.07. The van der Waals surface area contributed by atoms with Crippen molar-refractivity contribution < 1.29 is 9.53 Å². The van der Waals surface area contributed by atoms with Gasteiger partial charge in [0.15, 0.2) is 0 Å². The molecule has 2 rings (SSSR count). The number of ether oxygens (including phenoxy) is 1. The third-order valence-electron chi connectivity index (χ3n) is 2.21. The number of aromatic nitrogens is 2. The lowest BCUT2D eigenvalue weighted by molar-refractivity contribution is -0.141. The summed E-state index contributed by atoms with van der Waals surface area (Å²) in [4.78, 5) is 11.1. The zero-order chi connectivity index (χ0) is 12.1. The predicted molar refractivity (Wildman–Crippen MR) is 64.2 cm³/mol. The highest BCUT2D eigenvalue weighted by molar-refractivity contribution is 5.79. The molecule has 0 aliphatic heterocycles. The Morgan fingerprint density at radius 2 is 2.41 bits per heavy atom. The normalized spacial score (nSPS) is 9.71. The van der Waals surface area contributed by atoms with Crippen molar-refractivity contribution in [3.05, 3.63) is 30.0 Å². The van der Waals surface area contributed by atoms with Gasteiger partial charge in [-0.3, -0.25) is 9.89 Å². The first-order valence-electron chi connectivity index (χ1n) is 5.37. The number of aromatic amines is 1. The van der Waals surface area contributed by atoms with Gasteiger partial charge in [0.2, 0.25) is 0 Å². The molecule has 2 aromatic rings. The van der Waals surface area contributed by atoms with Crippen LogP contribution in [0.15, 0.2) is 24.4 Å². The Hall–Kier alpha value is -2.28. The second-order valence-corrected chi connectivity index (χ2v) is 3.46. The van der Waals surface area contributed by atoms with Crippen molar-refractivity contribution in [1.29, 1.82) is 0 Å². The van der Waals surface area contributed by atoms with E-state index in [1.807, 2.05) is 18.2 Å². The lowest BCUT2D eigenvalue weighted by Crippen LogP contribution is -2.01. The van der Waals surface area contributed by atoms with Crippen LogP contribution in [0.4, 0.5) is 0 Å². The summed E-state index contributed by atoms with van der Waals surface area (Å²) < 4.78 is 4.78. The van der Waals surface area contributed by atoms with Crippen LogP contribution in [0.1, 0.15) is 18.9 Å². The minimum absolute atomic E-state index is 0.120. The summed E-state index contributed by atoms with van der Waals surface area (Å²) >= 11 is 0. The molecule has 0 saturated carbocycles. The number of carbonyl (C=O) groups excluding carboxylic acids is 1. The van der Waals surface area contributed by atoms with E-state index in [1.165, 1.54) is 0 Å². The molecule has 0 aliphatic rings. The van der Waals surface area contributed by atoms with Gasteiger partial charge in [0.05, 0.1) is 18.3 Å². The first-order chi connectivity index (χ1) is 8.29. The molecule has 0 atom stereocenters. The highest BCUT2D eigenvalue weighted by atomic mass is 16.5. The number of nitrogens with zero attached hydrogens (tertiary/aromatic N) is 1. The first kappa shape index (κ1) is 11.2. The average Bonchev–Trinajstić information content (AvgIpc) is 2.76. The Bertz CT molecular complexity index is 590. The summed E-state index contributed by atoms with van der Waals surface area (Å²) in [5.41, 5.74) is 1.79. The van der Waals surface area contributed by atoms with E-state index in [4.69, 9.17) is 4.74 Å². The van der Waals surface area contributed by atoms with Gasteiger partial charge in [-0.2, -0.15) is 5.10 Å². The fraction of sp³-hybridized carbons (Fsp3) is 0.231. The van der Waals surface area contributed by atoms with E-state index < -0.39 is 0 Å². The molecular weight excluding hydrogens is 216 g/mol. The second-order valence-electron chi connectivity index (χ2n) is 3.46. The highest BCUT2D eigenvalue weighted by Crippen LogP contribution is 2.11. The van der Waals surface area contributed by atoms with E-state index in [-0.39, 0.29) is 12.4 Å². The zero-order valence-corrected chi connectivity index (χ0v) is 9.49. The van der Waals surface area contributed by atoms with Crippen molar-refractivity contribution in [2.75, 3.05) is 6.61 Å². The maximum absolute atomic E-state index is 11.1. The van der Waals surface area contributed by atoms with E-state index in [1.54, 1.807) is 13.1 Å². The van der Waals surface area contributed by atoms with E-state index in [2.05, 4.69) is 22.0 Å².